The molecule has 6 heteroatoms. The molecule has 7 unspecified atom stereocenters. The highest BCUT2D eigenvalue weighted by atomic mass is 16.5. The van der Waals surface area contributed by atoms with Crippen LogP contribution in [0.3, 0.4) is 0 Å². The van der Waals surface area contributed by atoms with Crippen molar-refractivity contribution in [2.75, 3.05) is 19.6 Å². The summed E-state index contributed by atoms with van der Waals surface area (Å²) < 4.78 is 7.81. The number of para-hydroxylation sites is 2. The zero-order valence-electron chi connectivity index (χ0n) is 49.4. The van der Waals surface area contributed by atoms with Gasteiger partial charge in [0.15, 0.2) is 0 Å². The van der Waals surface area contributed by atoms with Crippen LogP contribution >= 0.6 is 0 Å². The molecule has 0 amide bonds. The SMILES string of the molecule is CC(C)(C)c1ccc(N2C3=C(OC4CCC(C(C)(C)C)CC34)B3c4ccc(N5c6ccccc6C6(C)CCCCC56C)cc4N(c4ccc(C(C)(C)C)cc4)c4cc(N5c6ccccc6C6(C)CCCCC56C)cc2c43)cc1. The van der Waals surface area contributed by atoms with E-state index in [4.69, 9.17) is 4.74 Å². The maximum Gasteiger partial charge on any atom is 0.295 e. The van der Waals surface area contributed by atoms with Gasteiger partial charge in [-0.05, 0) is 175 Å². The fraction of sp³-hybridized carbons (Fsp3) is 0.472. The highest BCUT2D eigenvalue weighted by Crippen LogP contribution is 2.64. The molecule has 6 aromatic carbocycles. The molecular weight excluding hydrogens is 948 g/mol. The summed E-state index contributed by atoms with van der Waals surface area (Å²) in [4.78, 5) is 11.1. The van der Waals surface area contributed by atoms with Gasteiger partial charge < -0.3 is 24.3 Å². The smallest absolute Gasteiger partial charge is 0.295 e. The van der Waals surface area contributed by atoms with Crippen LogP contribution in [-0.2, 0) is 26.4 Å². The van der Waals surface area contributed by atoms with Crippen molar-refractivity contribution in [2.24, 2.45) is 17.3 Å². The van der Waals surface area contributed by atoms with Crippen LogP contribution in [0, 0.1) is 17.3 Å². The van der Waals surface area contributed by atoms with Crippen LogP contribution in [0.4, 0.5) is 51.2 Å². The van der Waals surface area contributed by atoms with Crippen LogP contribution in [0.25, 0.3) is 0 Å². The van der Waals surface area contributed by atoms with Crippen molar-refractivity contribution in [1.29, 1.82) is 0 Å². The van der Waals surface area contributed by atoms with Gasteiger partial charge in [0.25, 0.3) is 6.71 Å². The molecule has 8 aliphatic rings. The fourth-order valence-corrected chi connectivity index (χ4v) is 17.4. The summed E-state index contributed by atoms with van der Waals surface area (Å²) in [7, 11) is 0. The summed E-state index contributed by atoms with van der Waals surface area (Å²) in [6.45, 7) is 31.7. The number of benzene rings is 6. The monoisotopic (exact) mass is 1030 g/mol. The number of nitrogens with zero attached hydrogens (tertiary/aromatic N) is 4. The van der Waals surface area contributed by atoms with Crippen LogP contribution in [0.1, 0.15) is 183 Å². The van der Waals surface area contributed by atoms with E-state index in [0.29, 0.717) is 5.92 Å². The summed E-state index contributed by atoms with van der Waals surface area (Å²) in [5.41, 5.74) is 22.6. The van der Waals surface area contributed by atoms with Crippen LogP contribution in [0.15, 0.2) is 139 Å². The van der Waals surface area contributed by atoms with Gasteiger partial charge in [-0.25, -0.2) is 0 Å². The van der Waals surface area contributed by atoms with Crippen molar-refractivity contribution in [3.05, 3.63) is 161 Å². The average Bonchev–Trinajstić information content (AvgIpc) is 3.08. The number of rotatable bonds is 4. The normalized spacial score (nSPS) is 28.8. The van der Waals surface area contributed by atoms with Crippen molar-refractivity contribution < 1.29 is 4.74 Å². The van der Waals surface area contributed by atoms with Crippen LogP contribution in [0.5, 0.6) is 0 Å². The molecule has 5 aliphatic heterocycles. The molecule has 3 fully saturated rings. The first-order valence-corrected chi connectivity index (χ1v) is 30.4. The molecule has 14 rings (SSSR count). The Bertz CT molecular complexity index is 3450. The molecule has 0 radical (unpaired) electrons. The lowest BCUT2D eigenvalue weighted by Crippen LogP contribution is -2.57. The summed E-state index contributed by atoms with van der Waals surface area (Å²) in [6.07, 6.45) is 13.2. The van der Waals surface area contributed by atoms with Crippen LogP contribution in [-0.4, -0.2) is 23.9 Å². The predicted molar refractivity (Wildman–Crippen MR) is 330 cm³/mol. The highest BCUT2D eigenvalue weighted by Gasteiger charge is 2.61. The molecule has 78 heavy (non-hydrogen) atoms. The first-order chi connectivity index (χ1) is 37.0. The van der Waals surface area contributed by atoms with Gasteiger partial charge in [0.2, 0.25) is 0 Å². The molecule has 7 atom stereocenters. The number of hydrogen-bond acceptors (Lipinski definition) is 5. The Kier molecular flexibility index (Phi) is 10.9. The van der Waals surface area contributed by atoms with Crippen molar-refractivity contribution in [3.63, 3.8) is 0 Å². The maximum absolute atomic E-state index is 7.81. The minimum absolute atomic E-state index is 0.00594. The largest absolute Gasteiger partial charge is 0.501 e. The Balaban J connectivity index is 1.08. The van der Waals surface area contributed by atoms with Crippen molar-refractivity contribution >= 4 is 68.8 Å². The van der Waals surface area contributed by atoms with Crippen molar-refractivity contribution in [2.45, 2.75) is 199 Å². The number of ether oxygens (including phenoxy) is 1. The lowest BCUT2D eigenvalue weighted by Gasteiger charge is -2.51. The van der Waals surface area contributed by atoms with Gasteiger partial charge in [-0.2, -0.15) is 0 Å². The minimum Gasteiger partial charge on any atom is -0.501 e. The molecule has 402 valence electrons. The first-order valence-electron chi connectivity index (χ1n) is 30.4. The van der Waals surface area contributed by atoms with Crippen LogP contribution in [0.2, 0.25) is 0 Å². The van der Waals surface area contributed by atoms with Gasteiger partial charge in [-0.15, -0.1) is 0 Å². The highest BCUT2D eigenvalue weighted by molar-refractivity contribution is 6.94. The second kappa shape index (κ2) is 16.8. The third-order valence-corrected chi connectivity index (χ3v) is 22.4. The zero-order chi connectivity index (χ0) is 54.3. The van der Waals surface area contributed by atoms with Crippen molar-refractivity contribution in [1.82, 2.24) is 0 Å². The van der Waals surface area contributed by atoms with Gasteiger partial charge in [-0.1, -0.05) is 169 Å². The average molecular weight is 1030 g/mol. The van der Waals surface area contributed by atoms with E-state index in [1.54, 1.807) is 0 Å². The third kappa shape index (κ3) is 6.92. The molecule has 0 N–H and O–H groups in total. The standard InChI is InChI=1S/C72H85BN4O/c1-66(2,3)46-26-31-49(32-27-46)74-59-43-51(76-57-24-16-14-22-54(57)69(10)38-18-20-40-71(69,76)12)35-36-56(59)73-63-60(74)44-52(77-58-25-17-15-23-55(58)70(11)39-19-21-41-72(70,77)13)45-61(63)75(50-33-28-47(29-34-50)67(4,5)6)64-53-42-48(68(7,8)9)30-37-62(53)78-65(64)73/h14-17,22-29,31-36,43-45,48,53,62H,18-21,30,37-42H2,1-13H3. The second-order valence-corrected chi connectivity index (χ2v) is 29.6. The van der Waals surface area contributed by atoms with E-state index < -0.39 is 0 Å². The maximum atomic E-state index is 7.81. The summed E-state index contributed by atoms with van der Waals surface area (Å²) in [5, 5.41) is 0. The summed E-state index contributed by atoms with van der Waals surface area (Å²) >= 11 is 0. The Morgan fingerprint density at radius 2 is 0.962 bits per heavy atom. The number of anilines is 9. The zero-order valence-corrected chi connectivity index (χ0v) is 49.4. The van der Waals surface area contributed by atoms with Gasteiger partial charge in [-0.3, -0.25) is 0 Å². The fourth-order valence-electron chi connectivity index (χ4n) is 17.4. The lowest BCUT2D eigenvalue weighted by molar-refractivity contribution is 0.0428. The quantitative estimate of drug-likeness (QED) is 0.164. The molecule has 5 nitrogen and oxygen atoms in total. The van der Waals surface area contributed by atoms with Crippen molar-refractivity contribution in [3.8, 4) is 0 Å². The van der Waals surface area contributed by atoms with Gasteiger partial charge >= 0.3 is 0 Å². The number of hydrogen-bond donors (Lipinski definition) is 0. The van der Waals surface area contributed by atoms with E-state index in [2.05, 4.69) is 237 Å². The molecule has 0 aromatic heterocycles. The molecule has 6 aromatic rings. The molecule has 0 bridgehead atoms. The predicted octanol–water partition coefficient (Wildman–Crippen LogP) is 17.9. The van der Waals surface area contributed by atoms with Gasteiger partial charge in [0.1, 0.15) is 6.10 Å². The molecule has 3 aliphatic carbocycles. The summed E-state index contributed by atoms with van der Waals surface area (Å²) in [6, 6.07) is 51.2. The number of fused-ring (bicyclic) bond motifs is 11. The van der Waals surface area contributed by atoms with E-state index >= 15 is 0 Å². The van der Waals surface area contributed by atoms with E-state index in [0.717, 1.165) is 25.7 Å². The Hall–Kier alpha value is -5.88. The second-order valence-electron chi connectivity index (χ2n) is 29.6. The molecule has 5 heterocycles. The third-order valence-electron chi connectivity index (χ3n) is 22.4. The Morgan fingerprint density at radius 1 is 0.487 bits per heavy atom. The molecule has 3 saturated carbocycles. The topological polar surface area (TPSA) is 22.2 Å². The summed E-state index contributed by atoms with van der Waals surface area (Å²) in [5.74, 6) is 0.860. The van der Waals surface area contributed by atoms with E-state index in [-0.39, 0.29) is 56.9 Å². The van der Waals surface area contributed by atoms with E-state index in [9.17, 15) is 0 Å². The van der Waals surface area contributed by atoms with E-state index in [1.807, 2.05) is 0 Å². The molecular formula is C72H85BN4O. The first kappa shape index (κ1) is 50.4. The molecule has 0 spiro atoms. The minimum atomic E-state index is -0.122. The molecule has 0 saturated heterocycles. The Morgan fingerprint density at radius 3 is 1.50 bits per heavy atom. The van der Waals surface area contributed by atoms with Crippen LogP contribution < -0.4 is 30.5 Å². The lowest BCUT2D eigenvalue weighted by atomic mass is 9.35. The van der Waals surface area contributed by atoms with Gasteiger partial charge in [0, 0.05) is 67.9 Å². The van der Waals surface area contributed by atoms with Gasteiger partial charge in [0.05, 0.1) is 22.4 Å². The Labute approximate surface area is 468 Å². The van der Waals surface area contributed by atoms with E-state index in [1.165, 1.54) is 141 Å².